The number of hydrogen-bond acceptors (Lipinski definition) is 3. The highest BCUT2D eigenvalue weighted by Crippen LogP contribution is 2.34. The number of carbonyl (C=O) groups is 2. The summed E-state index contributed by atoms with van der Waals surface area (Å²) in [7, 11) is 0. The highest BCUT2D eigenvalue weighted by Gasteiger charge is 2.27. The summed E-state index contributed by atoms with van der Waals surface area (Å²) in [5.74, 6) is -0.361. The van der Waals surface area contributed by atoms with Gasteiger partial charge in [0.1, 0.15) is 0 Å². The first-order valence-electron chi connectivity index (χ1n) is 8.30. The molecule has 1 aromatic carbocycles. The molecule has 6 heteroatoms. The molecule has 3 rings (SSSR count). The molecule has 0 aliphatic carbocycles. The number of carbonyl (C=O) groups excluding carboxylic acids is 2. The quantitative estimate of drug-likeness (QED) is 0.896. The minimum absolute atomic E-state index is 0.0382. The van der Waals surface area contributed by atoms with Crippen molar-refractivity contribution in [1.82, 2.24) is 10.2 Å². The van der Waals surface area contributed by atoms with Crippen LogP contribution in [-0.2, 0) is 4.79 Å². The minimum Gasteiger partial charge on any atom is -0.369 e. The average Bonchev–Trinajstić information content (AvgIpc) is 2.92. The monoisotopic (exact) mass is 345 g/mol. The van der Waals surface area contributed by atoms with Gasteiger partial charge in [-0.15, -0.1) is 11.3 Å². The Bertz CT molecular complexity index is 763. The predicted molar refractivity (Wildman–Crippen MR) is 97.0 cm³/mol. The van der Waals surface area contributed by atoms with Crippen molar-refractivity contribution in [2.45, 2.75) is 32.7 Å². The van der Waals surface area contributed by atoms with Gasteiger partial charge < -0.3 is 16.0 Å². The van der Waals surface area contributed by atoms with Crippen molar-refractivity contribution < 1.29 is 9.59 Å². The van der Waals surface area contributed by atoms with Gasteiger partial charge in [0.05, 0.1) is 6.04 Å². The number of nitrogens with two attached hydrogens (primary N) is 1. The van der Waals surface area contributed by atoms with Gasteiger partial charge in [-0.1, -0.05) is 18.2 Å². The Morgan fingerprint density at radius 3 is 2.58 bits per heavy atom. The van der Waals surface area contributed by atoms with Crippen LogP contribution in [0.2, 0.25) is 0 Å². The number of piperidine rings is 1. The number of hydrogen-bond donors (Lipinski definition) is 2. The fourth-order valence-corrected chi connectivity index (χ4v) is 4.53. The van der Waals surface area contributed by atoms with Crippen LogP contribution in [-0.4, -0.2) is 29.9 Å². The fourth-order valence-electron chi connectivity index (χ4n) is 3.32. The van der Waals surface area contributed by atoms with Crippen LogP contribution in [0.5, 0.6) is 0 Å². The molecule has 0 saturated carbocycles. The van der Waals surface area contributed by atoms with Gasteiger partial charge in [-0.2, -0.15) is 0 Å². The number of aryl methyl sites for hydroxylation is 1. The normalized spacial score (nSPS) is 17.0. The van der Waals surface area contributed by atoms with Crippen LogP contribution in [0.15, 0.2) is 24.3 Å². The summed E-state index contributed by atoms with van der Waals surface area (Å²) in [5.41, 5.74) is 6.57. The molecule has 128 valence electrons. The topological polar surface area (TPSA) is 75.4 Å². The number of nitrogens with zero attached hydrogens (tertiary/aromatic N) is 1. The molecule has 1 aliphatic rings. The Balaban J connectivity index is 1.66. The number of benzene rings is 1. The number of likely N-dealkylation sites (tertiary alicyclic amines) is 1. The lowest BCUT2D eigenvalue weighted by molar-refractivity contribution is -0.123. The summed E-state index contributed by atoms with van der Waals surface area (Å²) in [6.07, 6.45) is 1.30. The molecule has 1 unspecified atom stereocenters. The third-order valence-electron chi connectivity index (χ3n) is 4.80. The summed E-state index contributed by atoms with van der Waals surface area (Å²) < 4.78 is 1.24. The van der Waals surface area contributed by atoms with E-state index in [0.717, 1.165) is 0 Å². The second-order valence-corrected chi connectivity index (χ2v) is 7.51. The van der Waals surface area contributed by atoms with Crippen LogP contribution in [0, 0.1) is 12.8 Å². The Kier molecular flexibility index (Phi) is 4.76. The number of fused-ring (bicyclic) bond motifs is 1. The molecule has 2 heterocycles. The lowest BCUT2D eigenvalue weighted by atomic mass is 9.96. The van der Waals surface area contributed by atoms with E-state index < -0.39 is 0 Å². The van der Waals surface area contributed by atoms with Crippen LogP contribution < -0.4 is 11.1 Å². The lowest BCUT2D eigenvalue weighted by Gasteiger charge is -2.31. The maximum absolute atomic E-state index is 12.5. The third-order valence-corrected chi connectivity index (χ3v) is 6.25. The summed E-state index contributed by atoms with van der Waals surface area (Å²) in [6, 6.07) is 8.20. The van der Waals surface area contributed by atoms with E-state index >= 15 is 0 Å². The Hall–Kier alpha value is -2.08. The number of urea groups is 1. The van der Waals surface area contributed by atoms with Crippen molar-refractivity contribution in [3.8, 4) is 0 Å². The lowest BCUT2D eigenvalue weighted by Crippen LogP contribution is -2.46. The Labute approximate surface area is 145 Å². The van der Waals surface area contributed by atoms with E-state index in [9.17, 15) is 9.59 Å². The fraction of sp³-hybridized carbons (Fsp3) is 0.444. The molecule has 1 aliphatic heterocycles. The van der Waals surface area contributed by atoms with Gasteiger partial charge in [0.2, 0.25) is 5.91 Å². The predicted octanol–water partition coefficient (Wildman–Crippen LogP) is 3.18. The highest BCUT2D eigenvalue weighted by atomic mass is 32.1. The van der Waals surface area contributed by atoms with Gasteiger partial charge >= 0.3 is 6.03 Å². The molecule has 5 nitrogen and oxygen atoms in total. The molecule has 0 radical (unpaired) electrons. The van der Waals surface area contributed by atoms with Crippen molar-refractivity contribution in [1.29, 1.82) is 0 Å². The van der Waals surface area contributed by atoms with Gasteiger partial charge in [-0.3, -0.25) is 4.79 Å². The number of rotatable bonds is 3. The van der Waals surface area contributed by atoms with Gasteiger partial charge in [-0.25, -0.2) is 4.79 Å². The number of thiophene rings is 1. The first-order valence-corrected chi connectivity index (χ1v) is 9.11. The van der Waals surface area contributed by atoms with Crippen LogP contribution >= 0.6 is 11.3 Å². The van der Waals surface area contributed by atoms with E-state index in [4.69, 9.17) is 5.73 Å². The van der Waals surface area contributed by atoms with Gasteiger partial charge in [-0.05, 0) is 43.7 Å². The number of amides is 3. The van der Waals surface area contributed by atoms with E-state index in [1.54, 1.807) is 16.2 Å². The van der Waals surface area contributed by atoms with E-state index in [0.29, 0.717) is 25.9 Å². The standard InChI is InChI=1S/C18H23N3O2S/c1-11-14-5-3-4-6-15(14)24-16(11)12(2)20-18(23)21-9-7-13(8-10-21)17(19)22/h3-6,12-13H,7-10H2,1-2H3,(H2,19,22)(H,20,23). The second-order valence-electron chi connectivity index (χ2n) is 6.42. The first kappa shape index (κ1) is 16.8. The molecule has 24 heavy (non-hydrogen) atoms. The molecule has 0 bridgehead atoms. The Morgan fingerprint density at radius 2 is 1.96 bits per heavy atom. The van der Waals surface area contributed by atoms with Crippen molar-refractivity contribution >= 4 is 33.4 Å². The summed E-state index contributed by atoms with van der Waals surface area (Å²) >= 11 is 1.73. The largest absolute Gasteiger partial charge is 0.369 e. The molecule has 1 atom stereocenters. The van der Waals surface area contributed by atoms with Gasteiger partial charge in [0.25, 0.3) is 0 Å². The smallest absolute Gasteiger partial charge is 0.317 e. The highest BCUT2D eigenvalue weighted by molar-refractivity contribution is 7.19. The summed E-state index contributed by atoms with van der Waals surface area (Å²) in [5, 5.41) is 4.34. The zero-order valence-electron chi connectivity index (χ0n) is 14.0. The number of nitrogens with one attached hydrogen (secondary N) is 1. The van der Waals surface area contributed by atoms with Gasteiger partial charge in [0, 0.05) is 28.6 Å². The Morgan fingerprint density at radius 1 is 1.29 bits per heavy atom. The van der Waals surface area contributed by atoms with E-state index in [1.807, 2.05) is 19.1 Å². The van der Waals surface area contributed by atoms with E-state index in [1.165, 1.54) is 20.5 Å². The molecule has 1 aromatic heterocycles. The summed E-state index contributed by atoms with van der Waals surface area (Å²) in [4.78, 5) is 26.7. The molecule has 3 N–H and O–H groups in total. The van der Waals surface area contributed by atoms with Crippen molar-refractivity contribution in [2.75, 3.05) is 13.1 Å². The van der Waals surface area contributed by atoms with E-state index in [-0.39, 0.29) is 23.9 Å². The van der Waals surface area contributed by atoms with Crippen LogP contribution in [0.25, 0.3) is 10.1 Å². The number of primary amides is 1. The van der Waals surface area contributed by atoms with Crippen molar-refractivity contribution in [3.63, 3.8) is 0 Å². The van der Waals surface area contributed by atoms with Crippen LogP contribution in [0.4, 0.5) is 4.79 Å². The molecule has 3 amide bonds. The second kappa shape index (κ2) is 6.81. The molecular weight excluding hydrogens is 322 g/mol. The van der Waals surface area contributed by atoms with Gasteiger partial charge in [0.15, 0.2) is 0 Å². The van der Waals surface area contributed by atoms with Crippen LogP contribution in [0.1, 0.15) is 36.2 Å². The van der Waals surface area contributed by atoms with Crippen LogP contribution in [0.3, 0.4) is 0 Å². The maximum Gasteiger partial charge on any atom is 0.317 e. The zero-order chi connectivity index (χ0) is 17.3. The summed E-state index contributed by atoms with van der Waals surface area (Å²) in [6.45, 7) is 5.29. The molecule has 1 saturated heterocycles. The third kappa shape index (κ3) is 3.24. The molecule has 0 spiro atoms. The zero-order valence-corrected chi connectivity index (χ0v) is 14.9. The molecule has 1 fully saturated rings. The SMILES string of the molecule is Cc1c(C(C)NC(=O)N2CCC(C(N)=O)CC2)sc2ccccc12. The molecular formula is C18H23N3O2S. The van der Waals surface area contributed by atoms with Crippen molar-refractivity contribution in [2.24, 2.45) is 11.7 Å². The van der Waals surface area contributed by atoms with E-state index in [2.05, 4.69) is 24.4 Å². The van der Waals surface area contributed by atoms with Crippen molar-refractivity contribution in [3.05, 3.63) is 34.7 Å². The molecule has 2 aromatic rings. The maximum atomic E-state index is 12.5. The minimum atomic E-state index is -0.260. The first-order chi connectivity index (χ1) is 11.5. The average molecular weight is 345 g/mol.